The van der Waals surface area contributed by atoms with E-state index >= 15 is 0 Å². The molecule has 0 spiro atoms. The van der Waals surface area contributed by atoms with Crippen molar-refractivity contribution in [3.8, 4) is 0 Å². The monoisotopic (exact) mass is 224 g/mol. The summed E-state index contributed by atoms with van der Waals surface area (Å²) in [4.78, 5) is 18.2. The molecule has 1 unspecified atom stereocenters. The lowest BCUT2D eigenvalue weighted by atomic mass is 10.2. The molecule has 1 atom stereocenters. The van der Waals surface area contributed by atoms with E-state index in [1.54, 1.807) is 6.20 Å². The molecule has 0 aliphatic carbocycles. The predicted octanol–water partition coefficient (Wildman–Crippen LogP) is 2.50. The molecule has 0 radical (unpaired) electrons. The number of nitrogens with zero attached hydrogens (tertiary/aromatic N) is 2. The average molecular weight is 224 g/mol. The molecule has 2 rings (SSSR count). The highest BCUT2D eigenvalue weighted by molar-refractivity contribution is 7.13. The molecule has 1 aliphatic rings. The fraction of sp³-hybridized carbons (Fsp3) is 0.636. The highest BCUT2D eigenvalue weighted by Crippen LogP contribution is 2.35. The first-order chi connectivity index (χ1) is 7.22. The highest BCUT2D eigenvalue weighted by Gasteiger charge is 2.29. The molecular weight excluding hydrogens is 208 g/mol. The van der Waals surface area contributed by atoms with Crippen molar-refractivity contribution in [3.63, 3.8) is 0 Å². The minimum atomic E-state index is 0.434. The molecule has 1 saturated heterocycles. The van der Waals surface area contributed by atoms with Gasteiger partial charge in [-0.1, -0.05) is 0 Å². The zero-order chi connectivity index (χ0) is 10.8. The number of likely N-dealkylation sites (tertiary alicyclic amines) is 1. The van der Waals surface area contributed by atoms with Crippen LogP contribution in [-0.4, -0.2) is 28.8 Å². The van der Waals surface area contributed by atoms with Crippen LogP contribution >= 0.6 is 11.3 Å². The molecule has 1 fully saturated rings. The predicted molar refractivity (Wildman–Crippen MR) is 61.3 cm³/mol. The Balaban J connectivity index is 2.18. The fourth-order valence-electron chi connectivity index (χ4n) is 2.18. The minimum absolute atomic E-state index is 0.434. The van der Waals surface area contributed by atoms with Crippen LogP contribution in [0.3, 0.4) is 0 Å². The molecule has 0 aromatic carbocycles. The molecule has 1 aromatic heterocycles. The van der Waals surface area contributed by atoms with Crippen LogP contribution in [0.15, 0.2) is 6.20 Å². The number of carbonyl (C=O) groups excluding carboxylic acids is 1. The summed E-state index contributed by atoms with van der Waals surface area (Å²) in [6.45, 7) is 5.58. The molecule has 0 bridgehead atoms. The summed E-state index contributed by atoms with van der Waals surface area (Å²) < 4.78 is 0. The summed E-state index contributed by atoms with van der Waals surface area (Å²) in [6, 6.07) is 0.991. The SMILES string of the molecule is CC(C)N1CCCC1c1ncc(C=O)s1. The highest BCUT2D eigenvalue weighted by atomic mass is 32.1. The van der Waals surface area contributed by atoms with Gasteiger partial charge in [-0.2, -0.15) is 0 Å². The molecular formula is C11H16N2OS. The van der Waals surface area contributed by atoms with Crippen molar-refractivity contribution in [2.24, 2.45) is 0 Å². The summed E-state index contributed by atoms with van der Waals surface area (Å²) in [6.07, 6.45) is 4.97. The molecule has 1 aliphatic heterocycles. The Labute approximate surface area is 94.1 Å². The Morgan fingerprint density at radius 3 is 3.07 bits per heavy atom. The van der Waals surface area contributed by atoms with Crippen LogP contribution in [0.2, 0.25) is 0 Å². The van der Waals surface area contributed by atoms with Crippen molar-refractivity contribution >= 4 is 17.6 Å². The summed E-state index contributed by atoms with van der Waals surface area (Å²) in [5.41, 5.74) is 0. The van der Waals surface area contributed by atoms with E-state index in [1.807, 2.05) is 0 Å². The van der Waals surface area contributed by atoms with Crippen molar-refractivity contribution in [1.29, 1.82) is 0 Å². The van der Waals surface area contributed by atoms with E-state index in [1.165, 1.54) is 24.2 Å². The largest absolute Gasteiger partial charge is 0.297 e. The fourth-order valence-corrected chi connectivity index (χ4v) is 3.07. The number of hydrogen-bond acceptors (Lipinski definition) is 4. The van der Waals surface area contributed by atoms with Crippen LogP contribution in [0.1, 0.15) is 47.4 Å². The first-order valence-corrected chi connectivity index (χ1v) is 6.20. The Bertz CT molecular complexity index is 348. The van der Waals surface area contributed by atoms with Crippen LogP contribution in [0.4, 0.5) is 0 Å². The molecule has 15 heavy (non-hydrogen) atoms. The maximum Gasteiger partial charge on any atom is 0.161 e. The van der Waals surface area contributed by atoms with E-state index in [0.29, 0.717) is 12.1 Å². The van der Waals surface area contributed by atoms with Crippen LogP contribution in [0, 0.1) is 0 Å². The van der Waals surface area contributed by atoms with Gasteiger partial charge in [0.15, 0.2) is 6.29 Å². The third-order valence-electron chi connectivity index (χ3n) is 2.90. The van der Waals surface area contributed by atoms with E-state index in [2.05, 4.69) is 23.7 Å². The minimum Gasteiger partial charge on any atom is -0.297 e. The number of carbonyl (C=O) groups is 1. The molecule has 4 heteroatoms. The third kappa shape index (κ3) is 2.11. The quantitative estimate of drug-likeness (QED) is 0.740. The molecule has 82 valence electrons. The van der Waals surface area contributed by atoms with E-state index in [-0.39, 0.29) is 0 Å². The van der Waals surface area contributed by atoms with Gasteiger partial charge >= 0.3 is 0 Å². The van der Waals surface area contributed by atoms with Crippen molar-refractivity contribution < 1.29 is 4.79 Å². The van der Waals surface area contributed by atoms with E-state index in [0.717, 1.165) is 22.7 Å². The first kappa shape index (κ1) is 10.8. The van der Waals surface area contributed by atoms with Gasteiger partial charge < -0.3 is 0 Å². The molecule has 1 aromatic rings. The van der Waals surface area contributed by atoms with Crippen LogP contribution < -0.4 is 0 Å². The molecule has 0 amide bonds. The van der Waals surface area contributed by atoms with Gasteiger partial charge in [-0.05, 0) is 33.2 Å². The Morgan fingerprint density at radius 1 is 1.67 bits per heavy atom. The normalized spacial score (nSPS) is 22.5. The van der Waals surface area contributed by atoms with Crippen molar-refractivity contribution in [1.82, 2.24) is 9.88 Å². The maximum absolute atomic E-state index is 10.6. The molecule has 3 nitrogen and oxygen atoms in total. The number of aldehydes is 1. The van der Waals surface area contributed by atoms with Crippen LogP contribution in [0.5, 0.6) is 0 Å². The molecule has 2 heterocycles. The van der Waals surface area contributed by atoms with Gasteiger partial charge in [0.25, 0.3) is 0 Å². The van der Waals surface area contributed by atoms with Crippen LogP contribution in [-0.2, 0) is 0 Å². The van der Waals surface area contributed by atoms with E-state index in [9.17, 15) is 4.79 Å². The van der Waals surface area contributed by atoms with E-state index in [4.69, 9.17) is 0 Å². The Hall–Kier alpha value is -0.740. The van der Waals surface area contributed by atoms with E-state index < -0.39 is 0 Å². The summed E-state index contributed by atoms with van der Waals surface area (Å²) in [5.74, 6) is 0. The summed E-state index contributed by atoms with van der Waals surface area (Å²) in [7, 11) is 0. The lowest BCUT2D eigenvalue weighted by Gasteiger charge is -2.26. The number of thiazole rings is 1. The van der Waals surface area contributed by atoms with Gasteiger partial charge in [0.1, 0.15) is 5.01 Å². The second-order valence-corrected chi connectivity index (χ2v) is 5.30. The van der Waals surface area contributed by atoms with Gasteiger partial charge in [0.05, 0.1) is 10.9 Å². The second kappa shape index (κ2) is 4.41. The first-order valence-electron chi connectivity index (χ1n) is 5.39. The van der Waals surface area contributed by atoms with Gasteiger partial charge in [0.2, 0.25) is 0 Å². The second-order valence-electron chi connectivity index (χ2n) is 4.21. The lowest BCUT2D eigenvalue weighted by Crippen LogP contribution is -2.30. The molecule has 0 saturated carbocycles. The van der Waals surface area contributed by atoms with Crippen molar-refractivity contribution in [2.75, 3.05) is 6.54 Å². The Morgan fingerprint density at radius 2 is 2.47 bits per heavy atom. The van der Waals surface area contributed by atoms with Gasteiger partial charge in [0, 0.05) is 12.2 Å². The third-order valence-corrected chi connectivity index (χ3v) is 3.92. The molecule has 0 N–H and O–H groups in total. The van der Waals surface area contributed by atoms with Crippen molar-refractivity contribution in [3.05, 3.63) is 16.1 Å². The number of aromatic nitrogens is 1. The topological polar surface area (TPSA) is 33.2 Å². The zero-order valence-electron chi connectivity index (χ0n) is 9.14. The van der Waals surface area contributed by atoms with Crippen molar-refractivity contribution in [2.45, 2.75) is 38.8 Å². The lowest BCUT2D eigenvalue weighted by molar-refractivity contribution is 0.112. The maximum atomic E-state index is 10.6. The number of hydrogen-bond donors (Lipinski definition) is 0. The zero-order valence-corrected chi connectivity index (χ0v) is 9.96. The van der Waals surface area contributed by atoms with Gasteiger partial charge in [-0.25, -0.2) is 4.98 Å². The standard InChI is InChI=1S/C11H16N2OS/c1-8(2)13-5-3-4-10(13)11-12-6-9(7-14)15-11/h6-8,10H,3-5H2,1-2H3. The van der Waals surface area contributed by atoms with Gasteiger partial charge in [-0.3, -0.25) is 9.69 Å². The summed E-state index contributed by atoms with van der Waals surface area (Å²) >= 11 is 1.53. The Kier molecular flexibility index (Phi) is 3.17. The van der Waals surface area contributed by atoms with Gasteiger partial charge in [-0.15, -0.1) is 11.3 Å². The smallest absolute Gasteiger partial charge is 0.161 e. The number of rotatable bonds is 3. The average Bonchev–Trinajstić information content (AvgIpc) is 2.85. The van der Waals surface area contributed by atoms with Crippen LogP contribution in [0.25, 0.3) is 0 Å². The summed E-state index contributed by atoms with van der Waals surface area (Å²) in [5, 5.41) is 1.10.